The number of fused-ring (bicyclic) bond motifs is 1. The molecule has 0 aliphatic heterocycles. The Labute approximate surface area is 109 Å². The van der Waals surface area contributed by atoms with Gasteiger partial charge in [-0.2, -0.15) is 4.98 Å². The minimum Gasteiger partial charge on any atom is -0.334 e. The molecule has 2 N–H and O–H groups in total. The second-order valence-corrected chi connectivity index (χ2v) is 4.43. The highest BCUT2D eigenvalue weighted by Crippen LogP contribution is 2.24. The SMILES string of the molecule is CC(N)Cc1noc(-c2cccc3nccnc23)n1. The van der Waals surface area contributed by atoms with Gasteiger partial charge in [0.25, 0.3) is 5.89 Å². The molecule has 6 heteroatoms. The van der Waals surface area contributed by atoms with Crippen LogP contribution in [-0.4, -0.2) is 26.2 Å². The number of nitrogens with two attached hydrogens (primary N) is 1. The van der Waals surface area contributed by atoms with Crippen molar-refractivity contribution >= 4 is 11.0 Å². The van der Waals surface area contributed by atoms with Crippen LogP contribution in [-0.2, 0) is 6.42 Å². The molecule has 1 aromatic carbocycles. The molecule has 0 spiro atoms. The first-order chi connectivity index (χ1) is 9.24. The predicted octanol–water partition coefficient (Wildman–Crippen LogP) is 1.57. The van der Waals surface area contributed by atoms with Gasteiger partial charge in [0.1, 0.15) is 5.52 Å². The van der Waals surface area contributed by atoms with E-state index in [-0.39, 0.29) is 6.04 Å². The average Bonchev–Trinajstić information content (AvgIpc) is 2.85. The molecule has 0 saturated carbocycles. The maximum atomic E-state index is 5.72. The van der Waals surface area contributed by atoms with E-state index >= 15 is 0 Å². The Hall–Kier alpha value is -2.34. The molecule has 0 aliphatic carbocycles. The summed E-state index contributed by atoms with van der Waals surface area (Å²) in [5, 5.41) is 3.93. The van der Waals surface area contributed by atoms with Crippen molar-refractivity contribution in [2.24, 2.45) is 5.73 Å². The van der Waals surface area contributed by atoms with Crippen LogP contribution in [0.4, 0.5) is 0 Å². The number of hydrogen-bond donors (Lipinski definition) is 1. The molecule has 0 bridgehead atoms. The molecule has 0 saturated heterocycles. The molecule has 2 aromatic heterocycles. The number of nitrogens with zero attached hydrogens (tertiary/aromatic N) is 4. The third-order valence-electron chi connectivity index (χ3n) is 2.70. The van der Waals surface area contributed by atoms with Crippen LogP contribution >= 0.6 is 0 Å². The van der Waals surface area contributed by atoms with Gasteiger partial charge < -0.3 is 10.3 Å². The molecule has 19 heavy (non-hydrogen) atoms. The van der Waals surface area contributed by atoms with Crippen molar-refractivity contribution in [2.75, 3.05) is 0 Å². The van der Waals surface area contributed by atoms with E-state index in [1.165, 1.54) is 0 Å². The van der Waals surface area contributed by atoms with E-state index in [1.807, 2.05) is 25.1 Å². The summed E-state index contributed by atoms with van der Waals surface area (Å²) in [5.74, 6) is 1.05. The van der Waals surface area contributed by atoms with Gasteiger partial charge in [-0.3, -0.25) is 9.97 Å². The predicted molar refractivity (Wildman–Crippen MR) is 70.2 cm³/mol. The van der Waals surface area contributed by atoms with Gasteiger partial charge in [-0.1, -0.05) is 11.2 Å². The summed E-state index contributed by atoms with van der Waals surface area (Å²) in [7, 11) is 0. The van der Waals surface area contributed by atoms with Gasteiger partial charge in [-0.15, -0.1) is 0 Å². The van der Waals surface area contributed by atoms with Crippen molar-refractivity contribution < 1.29 is 4.52 Å². The highest BCUT2D eigenvalue weighted by Gasteiger charge is 2.13. The monoisotopic (exact) mass is 255 g/mol. The summed E-state index contributed by atoms with van der Waals surface area (Å²) in [6, 6.07) is 5.67. The fourth-order valence-corrected chi connectivity index (χ4v) is 1.90. The van der Waals surface area contributed by atoms with Gasteiger partial charge in [0.2, 0.25) is 0 Å². The smallest absolute Gasteiger partial charge is 0.260 e. The first kappa shape index (κ1) is 11.7. The molecule has 0 amide bonds. The van der Waals surface area contributed by atoms with Gasteiger partial charge in [0, 0.05) is 24.9 Å². The van der Waals surface area contributed by atoms with Crippen molar-refractivity contribution in [1.82, 2.24) is 20.1 Å². The summed E-state index contributed by atoms with van der Waals surface area (Å²) in [6.45, 7) is 1.90. The van der Waals surface area contributed by atoms with Crippen molar-refractivity contribution in [3.8, 4) is 11.5 Å². The fraction of sp³-hybridized carbons (Fsp3) is 0.231. The number of rotatable bonds is 3. The topological polar surface area (TPSA) is 90.7 Å². The quantitative estimate of drug-likeness (QED) is 0.763. The first-order valence-electron chi connectivity index (χ1n) is 6.02. The maximum Gasteiger partial charge on any atom is 0.260 e. The Bertz CT molecular complexity index is 702. The van der Waals surface area contributed by atoms with Crippen LogP contribution in [0.25, 0.3) is 22.5 Å². The molecular formula is C13H13N5O. The molecule has 3 rings (SSSR count). The zero-order valence-corrected chi connectivity index (χ0v) is 10.4. The largest absolute Gasteiger partial charge is 0.334 e. The fourth-order valence-electron chi connectivity index (χ4n) is 1.90. The molecule has 6 nitrogen and oxygen atoms in total. The summed E-state index contributed by atoms with van der Waals surface area (Å²) in [6.07, 6.45) is 3.88. The Morgan fingerprint density at radius 3 is 2.95 bits per heavy atom. The summed E-state index contributed by atoms with van der Waals surface area (Å²) in [4.78, 5) is 12.9. The summed E-state index contributed by atoms with van der Waals surface area (Å²) >= 11 is 0. The summed E-state index contributed by atoms with van der Waals surface area (Å²) in [5.41, 5.74) is 8.05. The second kappa shape index (κ2) is 4.74. The first-order valence-corrected chi connectivity index (χ1v) is 6.02. The molecule has 0 radical (unpaired) electrons. The maximum absolute atomic E-state index is 5.72. The lowest BCUT2D eigenvalue weighted by molar-refractivity contribution is 0.420. The van der Waals surface area contributed by atoms with Crippen LogP contribution in [0.5, 0.6) is 0 Å². The lowest BCUT2D eigenvalue weighted by atomic mass is 10.1. The van der Waals surface area contributed by atoms with Gasteiger partial charge >= 0.3 is 0 Å². The lowest BCUT2D eigenvalue weighted by Gasteiger charge is -1.99. The number of aromatic nitrogens is 4. The van der Waals surface area contributed by atoms with E-state index in [4.69, 9.17) is 10.3 Å². The zero-order chi connectivity index (χ0) is 13.2. The minimum atomic E-state index is -0.00207. The Kier molecular flexibility index (Phi) is 2.92. The Morgan fingerprint density at radius 2 is 2.11 bits per heavy atom. The van der Waals surface area contributed by atoms with Crippen LogP contribution in [0, 0.1) is 0 Å². The van der Waals surface area contributed by atoms with Crippen LogP contribution in [0.3, 0.4) is 0 Å². The highest BCUT2D eigenvalue weighted by molar-refractivity contribution is 5.88. The Morgan fingerprint density at radius 1 is 1.26 bits per heavy atom. The van der Waals surface area contributed by atoms with Crippen molar-refractivity contribution in [3.63, 3.8) is 0 Å². The van der Waals surface area contributed by atoms with E-state index in [9.17, 15) is 0 Å². The molecule has 0 fully saturated rings. The number of hydrogen-bond acceptors (Lipinski definition) is 6. The molecule has 0 aliphatic rings. The molecule has 96 valence electrons. The lowest BCUT2D eigenvalue weighted by Crippen LogP contribution is -2.18. The van der Waals surface area contributed by atoms with Crippen LogP contribution in [0.2, 0.25) is 0 Å². The van der Waals surface area contributed by atoms with Gasteiger partial charge in [-0.05, 0) is 19.1 Å². The normalized spacial score (nSPS) is 12.7. The van der Waals surface area contributed by atoms with E-state index < -0.39 is 0 Å². The average molecular weight is 255 g/mol. The highest BCUT2D eigenvalue weighted by atomic mass is 16.5. The summed E-state index contributed by atoms with van der Waals surface area (Å²) < 4.78 is 5.28. The van der Waals surface area contributed by atoms with Crippen molar-refractivity contribution in [3.05, 3.63) is 36.4 Å². The van der Waals surface area contributed by atoms with Crippen LogP contribution < -0.4 is 5.73 Å². The van der Waals surface area contributed by atoms with E-state index in [1.54, 1.807) is 12.4 Å². The third-order valence-corrected chi connectivity index (χ3v) is 2.70. The standard InChI is InChI=1S/C13H13N5O/c1-8(14)7-11-17-13(19-18-11)9-3-2-4-10-12(9)16-6-5-15-10/h2-6,8H,7,14H2,1H3. The molecule has 3 aromatic rings. The van der Waals surface area contributed by atoms with Gasteiger partial charge in [-0.25, -0.2) is 0 Å². The van der Waals surface area contributed by atoms with E-state index in [2.05, 4.69) is 20.1 Å². The van der Waals surface area contributed by atoms with Crippen LogP contribution in [0.1, 0.15) is 12.7 Å². The van der Waals surface area contributed by atoms with Gasteiger partial charge in [0.15, 0.2) is 5.82 Å². The second-order valence-electron chi connectivity index (χ2n) is 4.43. The van der Waals surface area contributed by atoms with Crippen LogP contribution in [0.15, 0.2) is 35.1 Å². The molecular weight excluding hydrogens is 242 g/mol. The molecule has 1 unspecified atom stereocenters. The van der Waals surface area contributed by atoms with E-state index in [0.29, 0.717) is 18.1 Å². The van der Waals surface area contributed by atoms with Gasteiger partial charge in [0.05, 0.1) is 11.1 Å². The Balaban J connectivity index is 2.06. The zero-order valence-electron chi connectivity index (χ0n) is 10.4. The molecule has 2 heterocycles. The molecule has 1 atom stereocenters. The van der Waals surface area contributed by atoms with Crippen molar-refractivity contribution in [1.29, 1.82) is 0 Å². The third kappa shape index (κ3) is 2.30. The van der Waals surface area contributed by atoms with Crippen molar-refractivity contribution in [2.45, 2.75) is 19.4 Å². The number of benzene rings is 1. The van der Waals surface area contributed by atoms with E-state index in [0.717, 1.165) is 16.6 Å². The number of para-hydroxylation sites is 1. The minimum absolute atomic E-state index is 0.00207.